The second-order valence-electron chi connectivity index (χ2n) is 3.79. The average Bonchev–Trinajstić information content (AvgIpc) is 2.81. The van der Waals surface area contributed by atoms with Gasteiger partial charge in [0.2, 0.25) is 5.43 Å². The van der Waals surface area contributed by atoms with Crippen molar-refractivity contribution >= 4 is 22.3 Å². The van der Waals surface area contributed by atoms with Crippen molar-refractivity contribution in [3.63, 3.8) is 0 Å². The number of hydrogen-bond donors (Lipinski definition) is 2. The van der Waals surface area contributed by atoms with Crippen molar-refractivity contribution in [1.82, 2.24) is 0 Å². The molecule has 0 fully saturated rings. The summed E-state index contributed by atoms with van der Waals surface area (Å²) in [5, 5.41) is 21.0. The quantitative estimate of drug-likeness (QED) is 0.705. The summed E-state index contributed by atoms with van der Waals surface area (Å²) in [6.07, 6.45) is 1.34. The van der Waals surface area contributed by atoms with Crippen molar-refractivity contribution in [3.8, 4) is 21.9 Å². The average molecular weight is 260 g/mol. The highest BCUT2D eigenvalue weighted by atomic mass is 32.1. The summed E-state index contributed by atoms with van der Waals surface area (Å²) >= 11 is 1.42. The van der Waals surface area contributed by atoms with Gasteiger partial charge in [0.25, 0.3) is 0 Å². The van der Waals surface area contributed by atoms with Gasteiger partial charge < -0.3 is 14.6 Å². The van der Waals surface area contributed by atoms with E-state index in [-0.39, 0.29) is 27.9 Å². The normalized spacial score (nSPS) is 10.9. The maximum absolute atomic E-state index is 12.3. The molecule has 3 aromatic rings. The largest absolute Gasteiger partial charge is 0.508 e. The molecule has 2 N–H and O–H groups in total. The predicted molar refractivity (Wildman–Crippen MR) is 69.1 cm³/mol. The highest BCUT2D eigenvalue weighted by molar-refractivity contribution is 7.13. The summed E-state index contributed by atoms with van der Waals surface area (Å²) in [6.45, 7) is 0. The van der Waals surface area contributed by atoms with Crippen LogP contribution in [-0.4, -0.2) is 10.2 Å². The first-order valence-corrected chi connectivity index (χ1v) is 6.06. The number of hydrogen-bond acceptors (Lipinski definition) is 5. The van der Waals surface area contributed by atoms with Crippen LogP contribution in [0.5, 0.6) is 11.5 Å². The molecule has 0 aliphatic heterocycles. The van der Waals surface area contributed by atoms with Gasteiger partial charge >= 0.3 is 0 Å². The smallest absolute Gasteiger partial charge is 0.205 e. The van der Waals surface area contributed by atoms with Gasteiger partial charge in [-0.2, -0.15) is 0 Å². The van der Waals surface area contributed by atoms with E-state index in [1.54, 1.807) is 6.07 Å². The first kappa shape index (κ1) is 10.9. The van der Waals surface area contributed by atoms with E-state index in [2.05, 4.69) is 0 Å². The molecular formula is C13H8O4S. The third kappa shape index (κ3) is 1.56. The Hall–Kier alpha value is -2.27. The first-order valence-electron chi connectivity index (χ1n) is 5.18. The van der Waals surface area contributed by atoms with Gasteiger partial charge in [-0.1, -0.05) is 6.07 Å². The van der Waals surface area contributed by atoms with Crippen LogP contribution >= 0.6 is 11.3 Å². The van der Waals surface area contributed by atoms with Crippen LogP contribution in [0.1, 0.15) is 0 Å². The van der Waals surface area contributed by atoms with E-state index >= 15 is 0 Å². The molecule has 90 valence electrons. The second-order valence-corrected chi connectivity index (χ2v) is 4.74. The zero-order valence-electron chi connectivity index (χ0n) is 9.08. The Kier molecular flexibility index (Phi) is 2.34. The van der Waals surface area contributed by atoms with Gasteiger partial charge in [0.15, 0.2) is 0 Å². The Morgan fingerprint density at radius 3 is 2.78 bits per heavy atom. The molecule has 3 rings (SSSR count). The molecule has 0 saturated carbocycles. The molecular weight excluding hydrogens is 252 g/mol. The van der Waals surface area contributed by atoms with Crippen LogP contribution in [0.25, 0.3) is 21.4 Å². The van der Waals surface area contributed by atoms with E-state index in [9.17, 15) is 15.0 Å². The molecule has 0 aliphatic carbocycles. The van der Waals surface area contributed by atoms with E-state index in [1.165, 1.54) is 23.7 Å². The lowest BCUT2D eigenvalue weighted by atomic mass is 10.1. The van der Waals surface area contributed by atoms with Gasteiger partial charge in [0.05, 0.1) is 5.56 Å². The number of phenolic OH excluding ortho intramolecular Hbond substituents is 2. The van der Waals surface area contributed by atoms with Gasteiger partial charge in [-0.25, -0.2) is 0 Å². The fourth-order valence-electron chi connectivity index (χ4n) is 1.82. The Balaban J connectivity index is 2.40. The van der Waals surface area contributed by atoms with Crippen LogP contribution in [0.2, 0.25) is 0 Å². The number of phenols is 2. The van der Waals surface area contributed by atoms with Crippen LogP contribution in [0.4, 0.5) is 0 Å². The topological polar surface area (TPSA) is 70.7 Å². The Morgan fingerprint density at radius 1 is 1.22 bits per heavy atom. The van der Waals surface area contributed by atoms with Crippen LogP contribution in [-0.2, 0) is 0 Å². The SMILES string of the molecule is O=c1c(-c2cccs2)coc2cc(O)cc(O)c12. The fourth-order valence-corrected chi connectivity index (χ4v) is 2.55. The molecule has 0 saturated heterocycles. The fraction of sp³-hybridized carbons (Fsp3) is 0. The second kappa shape index (κ2) is 3.89. The molecule has 0 aliphatic rings. The first-order chi connectivity index (χ1) is 8.66. The number of rotatable bonds is 1. The van der Waals surface area contributed by atoms with E-state index in [0.717, 1.165) is 10.9 Å². The standard InChI is InChI=1S/C13H8O4S/c14-7-4-9(15)12-10(5-7)17-6-8(13(12)16)11-2-1-3-18-11/h1-6,14-15H. The summed E-state index contributed by atoms with van der Waals surface area (Å²) < 4.78 is 5.30. The minimum Gasteiger partial charge on any atom is -0.508 e. The molecule has 0 amide bonds. The van der Waals surface area contributed by atoms with Gasteiger partial charge in [-0.3, -0.25) is 4.79 Å². The van der Waals surface area contributed by atoms with E-state index in [1.807, 2.05) is 11.4 Å². The number of benzene rings is 1. The third-order valence-corrected chi connectivity index (χ3v) is 3.53. The molecule has 0 unspecified atom stereocenters. The molecule has 0 bridgehead atoms. The molecule has 4 nitrogen and oxygen atoms in total. The Labute approximate surface area is 105 Å². The van der Waals surface area contributed by atoms with Gasteiger partial charge in [0, 0.05) is 17.0 Å². The molecule has 1 aromatic carbocycles. The summed E-state index contributed by atoms with van der Waals surface area (Å²) in [6, 6.07) is 6.06. The minimum atomic E-state index is -0.309. The van der Waals surface area contributed by atoms with Gasteiger partial charge in [-0.15, -0.1) is 11.3 Å². The van der Waals surface area contributed by atoms with Crippen molar-refractivity contribution < 1.29 is 14.6 Å². The van der Waals surface area contributed by atoms with Crippen LogP contribution in [0, 0.1) is 0 Å². The van der Waals surface area contributed by atoms with E-state index in [0.29, 0.717) is 5.56 Å². The van der Waals surface area contributed by atoms with Crippen molar-refractivity contribution in [3.05, 3.63) is 46.1 Å². The molecule has 18 heavy (non-hydrogen) atoms. The lowest BCUT2D eigenvalue weighted by Gasteiger charge is -2.03. The molecule has 2 aromatic heterocycles. The predicted octanol–water partition coefficient (Wildman–Crippen LogP) is 2.93. The number of fused-ring (bicyclic) bond motifs is 1. The molecule has 0 radical (unpaired) electrons. The lowest BCUT2D eigenvalue weighted by Crippen LogP contribution is -2.04. The van der Waals surface area contributed by atoms with E-state index in [4.69, 9.17) is 4.42 Å². The Bertz CT molecular complexity index is 772. The molecule has 2 heterocycles. The monoisotopic (exact) mass is 260 g/mol. The maximum atomic E-state index is 12.3. The van der Waals surface area contributed by atoms with Gasteiger partial charge in [-0.05, 0) is 11.4 Å². The van der Waals surface area contributed by atoms with Gasteiger partial charge in [0.1, 0.15) is 28.7 Å². The highest BCUT2D eigenvalue weighted by Gasteiger charge is 2.14. The lowest BCUT2D eigenvalue weighted by molar-refractivity contribution is 0.452. The van der Waals surface area contributed by atoms with Crippen molar-refractivity contribution in [1.29, 1.82) is 0 Å². The number of thiophene rings is 1. The number of aromatic hydroxyl groups is 2. The zero-order chi connectivity index (χ0) is 12.7. The van der Waals surface area contributed by atoms with Crippen molar-refractivity contribution in [2.45, 2.75) is 0 Å². The maximum Gasteiger partial charge on any atom is 0.205 e. The van der Waals surface area contributed by atoms with Crippen molar-refractivity contribution in [2.24, 2.45) is 0 Å². The summed E-state index contributed by atoms with van der Waals surface area (Å²) in [5.41, 5.74) is 0.257. The van der Waals surface area contributed by atoms with Crippen LogP contribution in [0.15, 0.2) is 45.1 Å². The summed E-state index contributed by atoms with van der Waals surface area (Å²) in [4.78, 5) is 13.0. The third-order valence-electron chi connectivity index (χ3n) is 2.63. The minimum absolute atomic E-state index is 0.0821. The summed E-state index contributed by atoms with van der Waals surface area (Å²) in [7, 11) is 0. The molecule has 5 heteroatoms. The molecule has 0 atom stereocenters. The van der Waals surface area contributed by atoms with Crippen molar-refractivity contribution in [2.75, 3.05) is 0 Å². The van der Waals surface area contributed by atoms with E-state index < -0.39 is 0 Å². The Morgan fingerprint density at radius 2 is 2.06 bits per heavy atom. The van der Waals surface area contributed by atoms with Crippen LogP contribution in [0.3, 0.4) is 0 Å². The zero-order valence-corrected chi connectivity index (χ0v) is 9.90. The highest BCUT2D eigenvalue weighted by Crippen LogP contribution is 2.30. The molecule has 0 spiro atoms. The van der Waals surface area contributed by atoms with Crippen LogP contribution < -0.4 is 5.43 Å². The summed E-state index contributed by atoms with van der Waals surface area (Å²) in [5.74, 6) is -0.427.